The van der Waals surface area contributed by atoms with Crippen LogP contribution in [0.25, 0.3) is 0 Å². The van der Waals surface area contributed by atoms with Crippen molar-refractivity contribution in [3.63, 3.8) is 0 Å². The van der Waals surface area contributed by atoms with Crippen LogP contribution in [0.5, 0.6) is 0 Å². The Morgan fingerprint density at radius 1 is 1.17 bits per heavy atom. The first-order valence-electron chi connectivity index (χ1n) is 6.84. The molecule has 4 nitrogen and oxygen atoms in total. The maximum atomic E-state index is 4.34. The second-order valence-electron chi connectivity index (χ2n) is 5.30. The van der Waals surface area contributed by atoms with Gasteiger partial charge in [0.15, 0.2) is 5.82 Å². The second kappa shape index (κ2) is 7.31. The van der Waals surface area contributed by atoms with E-state index in [1.807, 2.05) is 0 Å². The Morgan fingerprint density at radius 3 is 2.33 bits per heavy atom. The molecule has 0 radical (unpaired) electrons. The van der Waals surface area contributed by atoms with Crippen molar-refractivity contribution in [2.24, 2.45) is 5.92 Å². The van der Waals surface area contributed by atoms with Gasteiger partial charge < -0.3 is 10.2 Å². The Labute approximate surface area is 111 Å². The normalized spacial score (nSPS) is 11.3. The van der Waals surface area contributed by atoms with Crippen LogP contribution in [0.1, 0.15) is 40.3 Å². The summed E-state index contributed by atoms with van der Waals surface area (Å²) in [7, 11) is 0. The molecule has 1 aromatic heterocycles. The number of nitrogens with zero attached hydrogens (tertiary/aromatic N) is 3. The van der Waals surface area contributed by atoms with Gasteiger partial charge in [-0.25, -0.2) is 0 Å². The van der Waals surface area contributed by atoms with Crippen LogP contribution in [0.4, 0.5) is 5.82 Å². The van der Waals surface area contributed by atoms with E-state index in [9.17, 15) is 0 Å². The molecule has 0 aliphatic heterocycles. The van der Waals surface area contributed by atoms with E-state index in [4.69, 9.17) is 0 Å². The van der Waals surface area contributed by atoms with Gasteiger partial charge in [0.25, 0.3) is 0 Å². The molecule has 0 unspecified atom stereocenters. The average molecular weight is 250 g/mol. The molecule has 1 N–H and O–H groups in total. The molecular weight excluding hydrogens is 224 g/mol. The maximum Gasteiger partial charge on any atom is 0.151 e. The fraction of sp³-hybridized carbons (Fsp3) is 0.714. The Kier molecular flexibility index (Phi) is 6.05. The molecule has 0 amide bonds. The highest BCUT2D eigenvalue weighted by Gasteiger charge is 2.13. The van der Waals surface area contributed by atoms with E-state index in [1.54, 1.807) is 0 Å². The Hall–Kier alpha value is -1.16. The molecule has 0 bridgehead atoms. The third-order valence-electron chi connectivity index (χ3n) is 2.74. The molecule has 1 aromatic rings. The Bertz CT molecular complexity index is 332. The highest BCUT2D eigenvalue weighted by atomic mass is 15.3. The van der Waals surface area contributed by atoms with Gasteiger partial charge >= 0.3 is 0 Å². The van der Waals surface area contributed by atoms with E-state index in [0.717, 1.165) is 31.1 Å². The van der Waals surface area contributed by atoms with Gasteiger partial charge in [-0.3, -0.25) is 0 Å². The zero-order chi connectivity index (χ0) is 13.5. The van der Waals surface area contributed by atoms with E-state index in [-0.39, 0.29) is 0 Å². The fourth-order valence-electron chi connectivity index (χ4n) is 1.82. The average Bonchev–Trinajstić information content (AvgIpc) is 2.34. The minimum absolute atomic E-state index is 0.446. The molecule has 1 rings (SSSR count). The predicted octanol–water partition coefficient (Wildman–Crippen LogP) is 2.46. The first-order chi connectivity index (χ1) is 8.54. The van der Waals surface area contributed by atoms with E-state index in [2.05, 4.69) is 67.2 Å². The fourth-order valence-corrected chi connectivity index (χ4v) is 1.82. The largest absolute Gasteiger partial charge is 0.352 e. The first kappa shape index (κ1) is 14.9. The quantitative estimate of drug-likeness (QED) is 0.807. The van der Waals surface area contributed by atoms with Gasteiger partial charge in [0, 0.05) is 19.1 Å². The molecule has 0 spiro atoms. The molecule has 4 heteroatoms. The van der Waals surface area contributed by atoms with Crippen molar-refractivity contribution in [1.82, 2.24) is 15.5 Å². The molecule has 1 heterocycles. The highest BCUT2D eigenvalue weighted by Crippen LogP contribution is 2.15. The van der Waals surface area contributed by atoms with Gasteiger partial charge in [0.05, 0.1) is 5.69 Å². The van der Waals surface area contributed by atoms with Crippen molar-refractivity contribution in [1.29, 1.82) is 0 Å². The summed E-state index contributed by atoms with van der Waals surface area (Å²) in [6, 6.07) is 4.57. The first-order valence-corrected chi connectivity index (χ1v) is 6.84. The molecule has 0 saturated carbocycles. The highest BCUT2D eigenvalue weighted by molar-refractivity contribution is 5.38. The van der Waals surface area contributed by atoms with Gasteiger partial charge in [-0.1, -0.05) is 20.8 Å². The summed E-state index contributed by atoms with van der Waals surface area (Å²) in [4.78, 5) is 2.30. The summed E-state index contributed by atoms with van der Waals surface area (Å²) in [5.74, 6) is 1.59. The zero-order valence-electron chi connectivity index (χ0n) is 12.3. The summed E-state index contributed by atoms with van der Waals surface area (Å²) in [6.07, 6.45) is 0. The summed E-state index contributed by atoms with van der Waals surface area (Å²) < 4.78 is 0. The van der Waals surface area contributed by atoms with Crippen LogP contribution in [0.15, 0.2) is 12.1 Å². The lowest BCUT2D eigenvalue weighted by Gasteiger charge is -2.29. The number of nitrogens with one attached hydrogen (secondary N) is 1. The minimum atomic E-state index is 0.446. The zero-order valence-corrected chi connectivity index (χ0v) is 12.3. The van der Waals surface area contributed by atoms with Gasteiger partial charge in [0.2, 0.25) is 0 Å². The Balaban J connectivity index is 2.74. The van der Waals surface area contributed by atoms with Crippen LogP contribution in [0.3, 0.4) is 0 Å². The lowest BCUT2D eigenvalue weighted by atomic mass is 10.2. The third kappa shape index (κ3) is 4.61. The van der Waals surface area contributed by atoms with Crippen LogP contribution in [-0.2, 0) is 6.54 Å². The predicted molar refractivity (Wildman–Crippen MR) is 76.7 cm³/mol. The number of aromatic nitrogens is 2. The monoisotopic (exact) mass is 250 g/mol. The third-order valence-corrected chi connectivity index (χ3v) is 2.74. The van der Waals surface area contributed by atoms with Gasteiger partial charge in [-0.15, -0.1) is 5.10 Å². The standard InChI is InChI=1S/C14H26N4/c1-6-15-9-13-7-8-14(17-16-13)18(12(4)5)10-11(2)3/h7-8,11-12,15H,6,9-10H2,1-5H3. The molecule has 18 heavy (non-hydrogen) atoms. The summed E-state index contributed by atoms with van der Waals surface area (Å²) in [5, 5.41) is 11.9. The molecule has 0 aliphatic carbocycles. The van der Waals surface area contributed by atoms with Crippen molar-refractivity contribution >= 4 is 5.82 Å². The number of hydrogen-bond donors (Lipinski definition) is 1. The van der Waals surface area contributed by atoms with Gasteiger partial charge in [-0.05, 0) is 38.4 Å². The molecular formula is C14H26N4. The van der Waals surface area contributed by atoms with Crippen molar-refractivity contribution in [3.05, 3.63) is 17.8 Å². The summed E-state index contributed by atoms with van der Waals surface area (Å²) in [6.45, 7) is 13.7. The molecule has 0 atom stereocenters. The smallest absolute Gasteiger partial charge is 0.151 e. The van der Waals surface area contributed by atoms with E-state index >= 15 is 0 Å². The Morgan fingerprint density at radius 2 is 1.89 bits per heavy atom. The molecule has 0 aliphatic rings. The molecule has 102 valence electrons. The van der Waals surface area contributed by atoms with Gasteiger partial charge in [-0.2, -0.15) is 5.10 Å². The number of hydrogen-bond acceptors (Lipinski definition) is 4. The van der Waals surface area contributed by atoms with Crippen LogP contribution in [0, 0.1) is 5.92 Å². The molecule has 0 saturated heterocycles. The second-order valence-corrected chi connectivity index (χ2v) is 5.30. The van der Waals surface area contributed by atoms with Crippen molar-refractivity contribution in [3.8, 4) is 0 Å². The van der Waals surface area contributed by atoms with Crippen LogP contribution in [0.2, 0.25) is 0 Å². The molecule has 0 aromatic carbocycles. The lowest BCUT2D eigenvalue weighted by Crippen LogP contribution is -2.35. The van der Waals surface area contributed by atoms with E-state index in [0.29, 0.717) is 12.0 Å². The molecule has 0 fully saturated rings. The van der Waals surface area contributed by atoms with Crippen LogP contribution in [-0.4, -0.2) is 29.3 Å². The lowest BCUT2D eigenvalue weighted by molar-refractivity contribution is 0.562. The van der Waals surface area contributed by atoms with Crippen molar-refractivity contribution in [2.75, 3.05) is 18.0 Å². The topological polar surface area (TPSA) is 41.0 Å². The summed E-state index contributed by atoms with van der Waals surface area (Å²) >= 11 is 0. The SMILES string of the molecule is CCNCc1ccc(N(CC(C)C)C(C)C)nn1. The number of anilines is 1. The van der Waals surface area contributed by atoms with Crippen LogP contribution < -0.4 is 10.2 Å². The van der Waals surface area contributed by atoms with Gasteiger partial charge in [0.1, 0.15) is 0 Å². The van der Waals surface area contributed by atoms with E-state index in [1.165, 1.54) is 0 Å². The summed E-state index contributed by atoms with van der Waals surface area (Å²) in [5.41, 5.74) is 0.994. The maximum absolute atomic E-state index is 4.34. The number of rotatable bonds is 7. The minimum Gasteiger partial charge on any atom is -0.352 e. The van der Waals surface area contributed by atoms with Crippen LogP contribution >= 0.6 is 0 Å². The van der Waals surface area contributed by atoms with E-state index < -0.39 is 0 Å². The van der Waals surface area contributed by atoms with Crippen molar-refractivity contribution < 1.29 is 0 Å². The van der Waals surface area contributed by atoms with Crippen molar-refractivity contribution in [2.45, 2.75) is 47.2 Å².